The zero-order valence-corrected chi connectivity index (χ0v) is 11.9. The van der Waals surface area contributed by atoms with Gasteiger partial charge < -0.3 is 15.0 Å². The number of hydrogen-bond donors (Lipinski definition) is 1. The van der Waals surface area contributed by atoms with E-state index in [4.69, 9.17) is 4.74 Å². The van der Waals surface area contributed by atoms with Crippen molar-refractivity contribution in [2.24, 2.45) is 0 Å². The van der Waals surface area contributed by atoms with E-state index in [1.54, 1.807) is 6.33 Å². The molecule has 0 radical (unpaired) electrons. The van der Waals surface area contributed by atoms with Crippen molar-refractivity contribution in [2.75, 3.05) is 36.5 Å². The summed E-state index contributed by atoms with van der Waals surface area (Å²) in [6.45, 7) is 7.98. The Morgan fingerprint density at radius 2 is 2.11 bits per heavy atom. The predicted molar refractivity (Wildman–Crippen MR) is 77.7 cm³/mol. The largest absolute Gasteiger partial charge is 0.378 e. The third-order valence-electron chi connectivity index (χ3n) is 3.38. The first-order valence-electron chi connectivity index (χ1n) is 7.26. The van der Waals surface area contributed by atoms with E-state index in [-0.39, 0.29) is 0 Å². The summed E-state index contributed by atoms with van der Waals surface area (Å²) in [4.78, 5) is 10.9. The van der Waals surface area contributed by atoms with Crippen molar-refractivity contribution in [3.8, 4) is 0 Å². The fourth-order valence-corrected chi connectivity index (χ4v) is 2.36. The summed E-state index contributed by atoms with van der Waals surface area (Å²) in [7, 11) is 0. The average molecular weight is 264 g/mol. The molecular weight excluding hydrogens is 240 g/mol. The van der Waals surface area contributed by atoms with Gasteiger partial charge in [0, 0.05) is 32.3 Å². The average Bonchev–Trinajstić information content (AvgIpc) is 2.46. The first kappa shape index (κ1) is 14.1. The number of aromatic nitrogens is 2. The molecule has 106 valence electrons. The van der Waals surface area contributed by atoms with Crippen LogP contribution in [0.2, 0.25) is 0 Å². The summed E-state index contributed by atoms with van der Waals surface area (Å²) < 4.78 is 5.67. The lowest BCUT2D eigenvalue weighted by Crippen LogP contribution is -2.37. The smallest absolute Gasteiger partial charge is 0.134 e. The van der Waals surface area contributed by atoms with Crippen LogP contribution in [0, 0.1) is 0 Å². The second-order valence-corrected chi connectivity index (χ2v) is 4.83. The molecule has 5 heteroatoms. The van der Waals surface area contributed by atoms with Crippen LogP contribution in [0.3, 0.4) is 0 Å². The number of ether oxygens (including phenoxy) is 1. The number of hydrogen-bond acceptors (Lipinski definition) is 5. The Morgan fingerprint density at radius 1 is 1.32 bits per heavy atom. The lowest BCUT2D eigenvalue weighted by molar-refractivity contribution is 0.0458. The number of nitrogens with zero attached hydrogens (tertiary/aromatic N) is 3. The molecule has 0 unspecified atom stereocenters. The lowest BCUT2D eigenvalue weighted by Gasteiger charge is -2.32. The molecule has 0 aliphatic carbocycles. The molecular formula is C14H24N4O. The van der Waals surface area contributed by atoms with Gasteiger partial charge in [0.1, 0.15) is 18.0 Å². The van der Waals surface area contributed by atoms with Gasteiger partial charge in [-0.15, -0.1) is 0 Å². The standard InChI is InChI=1S/C14H24N4O/c1-3-7-15-13-10-14(17-11-16-13)18-8-5-12(6-9-18)19-4-2/h10-12H,3-9H2,1-2H3,(H,15,16,17). The monoisotopic (exact) mass is 264 g/mol. The number of anilines is 2. The van der Waals surface area contributed by atoms with Crippen molar-refractivity contribution in [3.05, 3.63) is 12.4 Å². The quantitative estimate of drug-likeness (QED) is 0.854. The van der Waals surface area contributed by atoms with E-state index >= 15 is 0 Å². The molecule has 0 aromatic carbocycles. The topological polar surface area (TPSA) is 50.3 Å². The Hall–Kier alpha value is -1.36. The van der Waals surface area contributed by atoms with Crippen LogP contribution in [-0.4, -0.2) is 42.3 Å². The minimum absolute atomic E-state index is 0.417. The van der Waals surface area contributed by atoms with E-state index in [1.807, 2.05) is 6.07 Å². The minimum Gasteiger partial charge on any atom is -0.378 e. The van der Waals surface area contributed by atoms with E-state index in [0.717, 1.165) is 57.1 Å². The molecule has 0 atom stereocenters. The highest BCUT2D eigenvalue weighted by Gasteiger charge is 2.20. The lowest BCUT2D eigenvalue weighted by atomic mass is 10.1. The van der Waals surface area contributed by atoms with Gasteiger partial charge in [-0.2, -0.15) is 0 Å². The zero-order chi connectivity index (χ0) is 13.5. The van der Waals surface area contributed by atoms with Crippen molar-refractivity contribution in [1.82, 2.24) is 9.97 Å². The summed E-state index contributed by atoms with van der Waals surface area (Å²) in [6, 6.07) is 2.04. The minimum atomic E-state index is 0.417. The van der Waals surface area contributed by atoms with Gasteiger partial charge in [-0.25, -0.2) is 9.97 Å². The van der Waals surface area contributed by atoms with Crippen LogP contribution >= 0.6 is 0 Å². The van der Waals surface area contributed by atoms with Crippen LogP contribution in [-0.2, 0) is 4.74 Å². The Balaban J connectivity index is 1.91. The van der Waals surface area contributed by atoms with Crippen molar-refractivity contribution in [3.63, 3.8) is 0 Å². The summed E-state index contributed by atoms with van der Waals surface area (Å²) in [5.74, 6) is 1.93. The summed E-state index contributed by atoms with van der Waals surface area (Å²) >= 11 is 0. The molecule has 0 bridgehead atoms. The first-order valence-corrected chi connectivity index (χ1v) is 7.26. The van der Waals surface area contributed by atoms with Crippen molar-refractivity contribution in [2.45, 2.75) is 39.2 Å². The molecule has 1 saturated heterocycles. The third-order valence-corrected chi connectivity index (χ3v) is 3.38. The first-order chi connectivity index (χ1) is 9.33. The zero-order valence-electron chi connectivity index (χ0n) is 11.9. The molecule has 1 aliphatic rings. The Morgan fingerprint density at radius 3 is 2.79 bits per heavy atom. The number of piperidine rings is 1. The fourth-order valence-electron chi connectivity index (χ4n) is 2.36. The summed E-state index contributed by atoms with van der Waals surface area (Å²) in [5.41, 5.74) is 0. The molecule has 19 heavy (non-hydrogen) atoms. The van der Waals surface area contributed by atoms with E-state index in [1.165, 1.54) is 0 Å². The Labute approximate surface area is 115 Å². The van der Waals surface area contributed by atoms with Gasteiger partial charge in [0.05, 0.1) is 6.10 Å². The molecule has 5 nitrogen and oxygen atoms in total. The second kappa shape index (κ2) is 7.28. The predicted octanol–water partition coefficient (Wildman–Crippen LogP) is 2.30. The molecule has 1 aromatic heterocycles. The molecule has 2 rings (SSSR count). The third kappa shape index (κ3) is 4.06. The highest BCUT2D eigenvalue weighted by molar-refractivity contribution is 5.48. The normalized spacial score (nSPS) is 16.6. The Bertz CT molecular complexity index is 377. The van der Waals surface area contributed by atoms with Gasteiger partial charge in [-0.3, -0.25) is 0 Å². The maximum absolute atomic E-state index is 5.67. The van der Waals surface area contributed by atoms with Crippen LogP contribution in [0.1, 0.15) is 33.1 Å². The SMILES string of the molecule is CCCNc1cc(N2CCC(OCC)CC2)ncn1. The van der Waals surface area contributed by atoms with Crippen molar-refractivity contribution in [1.29, 1.82) is 0 Å². The summed E-state index contributed by atoms with van der Waals surface area (Å²) in [6.07, 6.45) is 5.31. The molecule has 1 aromatic rings. The van der Waals surface area contributed by atoms with E-state index < -0.39 is 0 Å². The maximum atomic E-state index is 5.67. The molecule has 1 aliphatic heterocycles. The van der Waals surface area contributed by atoms with Crippen LogP contribution in [0.5, 0.6) is 0 Å². The highest BCUT2D eigenvalue weighted by atomic mass is 16.5. The van der Waals surface area contributed by atoms with Gasteiger partial charge in [0.15, 0.2) is 0 Å². The Kier molecular flexibility index (Phi) is 5.39. The van der Waals surface area contributed by atoms with Gasteiger partial charge in [-0.1, -0.05) is 6.92 Å². The molecule has 1 N–H and O–H groups in total. The van der Waals surface area contributed by atoms with E-state index in [9.17, 15) is 0 Å². The van der Waals surface area contributed by atoms with Crippen LogP contribution in [0.25, 0.3) is 0 Å². The van der Waals surface area contributed by atoms with Gasteiger partial charge in [0.2, 0.25) is 0 Å². The second-order valence-electron chi connectivity index (χ2n) is 4.83. The van der Waals surface area contributed by atoms with Gasteiger partial charge >= 0.3 is 0 Å². The highest BCUT2D eigenvalue weighted by Crippen LogP contribution is 2.20. The van der Waals surface area contributed by atoms with Crippen molar-refractivity contribution >= 4 is 11.6 Å². The molecule has 0 saturated carbocycles. The number of nitrogens with one attached hydrogen (secondary N) is 1. The van der Waals surface area contributed by atoms with E-state index in [0.29, 0.717) is 6.10 Å². The summed E-state index contributed by atoms with van der Waals surface area (Å²) in [5, 5.41) is 3.30. The molecule has 0 spiro atoms. The molecule has 1 fully saturated rings. The van der Waals surface area contributed by atoms with Crippen LogP contribution in [0.4, 0.5) is 11.6 Å². The molecule has 0 amide bonds. The fraction of sp³-hybridized carbons (Fsp3) is 0.714. The van der Waals surface area contributed by atoms with Gasteiger partial charge in [-0.05, 0) is 26.2 Å². The van der Waals surface area contributed by atoms with E-state index in [2.05, 4.69) is 34.0 Å². The van der Waals surface area contributed by atoms with Crippen LogP contribution < -0.4 is 10.2 Å². The van der Waals surface area contributed by atoms with Crippen LogP contribution in [0.15, 0.2) is 12.4 Å². The van der Waals surface area contributed by atoms with Gasteiger partial charge in [0.25, 0.3) is 0 Å². The molecule has 2 heterocycles. The maximum Gasteiger partial charge on any atom is 0.134 e. The van der Waals surface area contributed by atoms with Crippen molar-refractivity contribution < 1.29 is 4.74 Å². The number of rotatable bonds is 6.